The second-order valence-corrected chi connectivity index (χ2v) is 7.00. The number of benzene rings is 2. The average molecular weight is 397 g/mol. The number of amides is 3. The van der Waals surface area contributed by atoms with E-state index in [9.17, 15) is 14.4 Å². The van der Waals surface area contributed by atoms with Crippen LogP contribution in [0.5, 0.6) is 5.75 Å². The molecule has 7 nitrogen and oxygen atoms in total. The number of likely N-dealkylation sites (N-methyl/N-ethyl adjacent to an activating group) is 1. The number of nitrogens with one attached hydrogen (secondary N) is 2. The maximum absolute atomic E-state index is 12.9. The van der Waals surface area contributed by atoms with E-state index < -0.39 is 11.9 Å². The fraction of sp³-hybridized carbons (Fsp3) is 0.318. The van der Waals surface area contributed by atoms with Gasteiger partial charge in [0.1, 0.15) is 11.8 Å². The molecular weight excluding hydrogens is 370 g/mol. The van der Waals surface area contributed by atoms with E-state index in [-0.39, 0.29) is 24.3 Å². The van der Waals surface area contributed by atoms with E-state index in [1.807, 2.05) is 32.0 Å². The second-order valence-electron chi connectivity index (χ2n) is 7.00. The Balaban J connectivity index is 2.04. The number of para-hydroxylation sites is 2. The van der Waals surface area contributed by atoms with Crippen LogP contribution < -0.4 is 15.4 Å². The number of carbonyl (C=O) groups excluding carboxylic acids is 3. The first-order valence-corrected chi connectivity index (χ1v) is 9.37. The molecule has 1 atom stereocenters. The molecule has 0 radical (unpaired) electrons. The third-order valence-electron chi connectivity index (χ3n) is 4.39. The molecule has 0 saturated carbocycles. The van der Waals surface area contributed by atoms with E-state index in [0.717, 1.165) is 0 Å². The summed E-state index contributed by atoms with van der Waals surface area (Å²) < 4.78 is 5.22. The highest BCUT2D eigenvalue weighted by molar-refractivity contribution is 6.00. The van der Waals surface area contributed by atoms with Crippen molar-refractivity contribution in [2.45, 2.75) is 19.9 Å². The molecule has 0 fully saturated rings. The number of nitrogens with zero attached hydrogens (tertiary/aromatic N) is 1. The van der Waals surface area contributed by atoms with Crippen LogP contribution in [0, 0.1) is 5.92 Å². The Morgan fingerprint density at radius 2 is 1.62 bits per heavy atom. The second kappa shape index (κ2) is 10.3. The van der Waals surface area contributed by atoms with Crippen LogP contribution in [0.3, 0.4) is 0 Å². The Morgan fingerprint density at radius 3 is 2.24 bits per heavy atom. The van der Waals surface area contributed by atoms with Gasteiger partial charge in [0.05, 0.1) is 19.2 Å². The van der Waals surface area contributed by atoms with Crippen LogP contribution in [0.4, 0.5) is 5.69 Å². The molecule has 0 aromatic heterocycles. The number of hydrogen-bond acceptors (Lipinski definition) is 4. The van der Waals surface area contributed by atoms with Crippen LogP contribution in [0.15, 0.2) is 54.6 Å². The fourth-order valence-corrected chi connectivity index (χ4v) is 2.82. The first kappa shape index (κ1) is 21.9. The molecule has 2 aromatic rings. The normalized spacial score (nSPS) is 11.5. The van der Waals surface area contributed by atoms with E-state index in [2.05, 4.69) is 10.6 Å². The third-order valence-corrected chi connectivity index (χ3v) is 4.39. The number of methoxy groups -OCH3 is 1. The summed E-state index contributed by atoms with van der Waals surface area (Å²) in [6.45, 7) is 3.55. The summed E-state index contributed by atoms with van der Waals surface area (Å²) in [7, 11) is 3.02. The van der Waals surface area contributed by atoms with Gasteiger partial charge in [-0.15, -0.1) is 0 Å². The van der Waals surface area contributed by atoms with Crippen molar-refractivity contribution in [1.29, 1.82) is 0 Å². The minimum Gasteiger partial charge on any atom is -0.496 e. The van der Waals surface area contributed by atoms with Gasteiger partial charge in [0, 0.05) is 12.7 Å². The third kappa shape index (κ3) is 6.07. The van der Waals surface area contributed by atoms with Crippen molar-refractivity contribution in [3.63, 3.8) is 0 Å². The lowest BCUT2D eigenvalue weighted by molar-refractivity contribution is -0.135. The van der Waals surface area contributed by atoms with Crippen LogP contribution in [-0.4, -0.2) is 49.4 Å². The van der Waals surface area contributed by atoms with Crippen molar-refractivity contribution >= 4 is 23.4 Å². The minimum absolute atomic E-state index is 0.124. The molecule has 29 heavy (non-hydrogen) atoms. The maximum atomic E-state index is 12.9. The molecule has 2 rings (SSSR count). The molecule has 0 bridgehead atoms. The summed E-state index contributed by atoms with van der Waals surface area (Å²) >= 11 is 0. The van der Waals surface area contributed by atoms with E-state index in [4.69, 9.17) is 4.74 Å². The van der Waals surface area contributed by atoms with Crippen molar-refractivity contribution in [3.05, 3.63) is 60.2 Å². The minimum atomic E-state index is -0.776. The molecule has 0 heterocycles. The maximum Gasteiger partial charge on any atom is 0.255 e. The molecule has 2 N–H and O–H groups in total. The highest BCUT2D eigenvalue weighted by atomic mass is 16.5. The zero-order chi connectivity index (χ0) is 21.4. The van der Waals surface area contributed by atoms with Crippen LogP contribution in [0.25, 0.3) is 0 Å². The molecular formula is C22H27N3O4. The van der Waals surface area contributed by atoms with Gasteiger partial charge in [0.15, 0.2) is 0 Å². The van der Waals surface area contributed by atoms with Gasteiger partial charge in [0.25, 0.3) is 5.91 Å². The standard InChI is InChI=1S/C22H27N3O4/c1-15(2)20(24-21(27)17-12-8-9-13-18(17)29-4)22(28)25(3)14-19(26)23-16-10-6-5-7-11-16/h5-13,15,20H,14H2,1-4H3,(H,23,26)(H,24,27). The molecule has 0 saturated heterocycles. The van der Waals surface area contributed by atoms with E-state index in [0.29, 0.717) is 17.0 Å². The Bertz CT molecular complexity index is 852. The molecule has 2 aromatic carbocycles. The molecule has 0 aliphatic carbocycles. The van der Waals surface area contributed by atoms with Crippen LogP contribution >= 0.6 is 0 Å². The number of hydrogen-bond donors (Lipinski definition) is 2. The fourth-order valence-electron chi connectivity index (χ4n) is 2.82. The predicted molar refractivity (Wildman–Crippen MR) is 112 cm³/mol. The lowest BCUT2D eigenvalue weighted by Gasteiger charge is -2.27. The van der Waals surface area contributed by atoms with Crippen molar-refractivity contribution in [3.8, 4) is 5.75 Å². The van der Waals surface area contributed by atoms with Gasteiger partial charge in [-0.25, -0.2) is 0 Å². The summed E-state index contributed by atoms with van der Waals surface area (Å²) in [5, 5.41) is 5.51. The monoisotopic (exact) mass is 397 g/mol. The molecule has 7 heteroatoms. The summed E-state index contributed by atoms with van der Waals surface area (Å²) in [6, 6.07) is 15.0. The van der Waals surface area contributed by atoms with Crippen molar-refractivity contribution in [1.82, 2.24) is 10.2 Å². The van der Waals surface area contributed by atoms with Gasteiger partial charge in [-0.2, -0.15) is 0 Å². The predicted octanol–water partition coefficient (Wildman–Crippen LogP) is 2.55. The SMILES string of the molecule is COc1ccccc1C(=O)NC(C(=O)N(C)CC(=O)Nc1ccccc1)C(C)C. The number of anilines is 1. The topological polar surface area (TPSA) is 87.7 Å². The number of rotatable bonds is 8. The zero-order valence-electron chi connectivity index (χ0n) is 17.1. The number of ether oxygens (including phenoxy) is 1. The van der Waals surface area contributed by atoms with Gasteiger partial charge >= 0.3 is 0 Å². The molecule has 0 aliphatic heterocycles. The largest absolute Gasteiger partial charge is 0.496 e. The van der Waals surface area contributed by atoms with Gasteiger partial charge in [-0.1, -0.05) is 44.2 Å². The van der Waals surface area contributed by atoms with Crippen LogP contribution in [-0.2, 0) is 9.59 Å². The van der Waals surface area contributed by atoms with Gasteiger partial charge < -0.3 is 20.3 Å². The van der Waals surface area contributed by atoms with Gasteiger partial charge in [-0.3, -0.25) is 14.4 Å². The quantitative estimate of drug-likeness (QED) is 0.717. The molecule has 1 unspecified atom stereocenters. The van der Waals surface area contributed by atoms with Crippen LogP contribution in [0.2, 0.25) is 0 Å². The van der Waals surface area contributed by atoms with Crippen LogP contribution in [0.1, 0.15) is 24.2 Å². The lowest BCUT2D eigenvalue weighted by atomic mass is 10.0. The lowest BCUT2D eigenvalue weighted by Crippen LogP contribution is -2.51. The van der Waals surface area contributed by atoms with Crippen molar-refractivity contribution in [2.24, 2.45) is 5.92 Å². The zero-order valence-corrected chi connectivity index (χ0v) is 17.1. The smallest absolute Gasteiger partial charge is 0.255 e. The Hall–Kier alpha value is -3.35. The summed E-state index contributed by atoms with van der Waals surface area (Å²) in [5.74, 6) is -0.801. The Morgan fingerprint density at radius 1 is 1.00 bits per heavy atom. The first-order valence-electron chi connectivity index (χ1n) is 9.37. The van der Waals surface area contributed by atoms with Crippen molar-refractivity contribution < 1.29 is 19.1 Å². The van der Waals surface area contributed by atoms with E-state index in [1.54, 1.807) is 36.4 Å². The van der Waals surface area contributed by atoms with Gasteiger partial charge in [0.2, 0.25) is 11.8 Å². The molecule has 0 aliphatic rings. The summed E-state index contributed by atoms with van der Waals surface area (Å²) in [5.41, 5.74) is 1.00. The Labute approximate surface area is 171 Å². The summed E-state index contributed by atoms with van der Waals surface area (Å²) in [6.07, 6.45) is 0. The number of carbonyl (C=O) groups is 3. The first-order chi connectivity index (χ1) is 13.8. The van der Waals surface area contributed by atoms with Gasteiger partial charge in [-0.05, 0) is 30.2 Å². The van der Waals surface area contributed by atoms with Crippen molar-refractivity contribution in [2.75, 3.05) is 26.0 Å². The highest BCUT2D eigenvalue weighted by Crippen LogP contribution is 2.18. The summed E-state index contributed by atoms with van der Waals surface area (Å²) in [4.78, 5) is 39.1. The highest BCUT2D eigenvalue weighted by Gasteiger charge is 2.29. The average Bonchev–Trinajstić information content (AvgIpc) is 2.71. The molecule has 154 valence electrons. The van der Waals surface area contributed by atoms with E-state index in [1.165, 1.54) is 19.1 Å². The molecule has 0 spiro atoms. The Kier molecular flexibility index (Phi) is 7.77. The molecule has 3 amide bonds. The van der Waals surface area contributed by atoms with E-state index >= 15 is 0 Å².